The maximum absolute atomic E-state index is 11.8. The molecule has 4 heteroatoms. The van der Waals surface area contributed by atoms with Crippen LogP contribution in [0.1, 0.15) is 24.7 Å². The largest absolute Gasteiger partial charge is 0.460 e. The van der Waals surface area contributed by atoms with Gasteiger partial charge in [-0.05, 0) is 18.6 Å². The lowest BCUT2D eigenvalue weighted by Gasteiger charge is -2.01. The van der Waals surface area contributed by atoms with Gasteiger partial charge in [0.15, 0.2) is 0 Å². The first-order valence-corrected chi connectivity index (χ1v) is 7.21. The molecule has 1 N–H and O–H groups in total. The zero-order valence-electron chi connectivity index (χ0n) is 12.5. The molecule has 2 aromatic rings. The second-order valence-electron chi connectivity index (χ2n) is 4.76. The number of para-hydroxylation sites is 1. The number of hydrogen-bond acceptors (Lipinski definition) is 3. The molecule has 21 heavy (non-hydrogen) atoms. The molecule has 0 saturated heterocycles. The summed E-state index contributed by atoms with van der Waals surface area (Å²) in [5.41, 5.74) is 1.84. The van der Waals surface area contributed by atoms with E-state index in [-0.39, 0.29) is 5.91 Å². The molecule has 2 rings (SSSR count). The summed E-state index contributed by atoms with van der Waals surface area (Å²) in [4.78, 5) is 11.8. The van der Waals surface area contributed by atoms with E-state index >= 15 is 0 Å². The lowest BCUT2D eigenvalue weighted by molar-refractivity contribution is -0.116. The predicted octanol–water partition coefficient (Wildman–Crippen LogP) is 3.16. The van der Waals surface area contributed by atoms with Crippen LogP contribution in [0.3, 0.4) is 0 Å². The van der Waals surface area contributed by atoms with E-state index < -0.39 is 0 Å². The Balaban J connectivity index is 2.08. The summed E-state index contributed by atoms with van der Waals surface area (Å²) < 4.78 is 10.7. The molecule has 0 aliphatic heterocycles. The average molecular weight is 287 g/mol. The van der Waals surface area contributed by atoms with Crippen molar-refractivity contribution >= 4 is 23.0 Å². The van der Waals surface area contributed by atoms with Crippen LogP contribution in [-0.4, -0.2) is 26.2 Å². The van der Waals surface area contributed by atoms with Gasteiger partial charge in [-0.1, -0.05) is 25.1 Å². The molecule has 1 amide bonds. The lowest BCUT2D eigenvalue weighted by atomic mass is 10.1. The van der Waals surface area contributed by atoms with E-state index in [1.807, 2.05) is 37.3 Å². The van der Waals surface area contributed by atoms with E-state index in [1.54, 1.807) is 13.2 Å². The van der Waals surface area contributed by atoms with Gasteiger partial charge in [0, 0.05) is 43.7 Å². The van der Waals surface area contributed by atoms with Crippen molar-refractivity contribution in [3.8, 4) is 0 Å². The zero-order chi connectivity index (χ0) is 15.1. The smallest absolute Gasteiger partial charge is 0.244 e. The number of ether oxygens (including phenoxy) is 1. The number of fused-ring (bicyclic) bond motifs is 1. The van der Waals surface area contributed by atoms with E-state index in [2.05, 4.69) is 5.32 Å². The van der Waals surface area contributed by atoms with E-state index in [4.69, 9.17) is 9.15 Å². The Labute approximate surface area is 124 Å². The Morgan fingerprint density at radius 3 is 2.95 bits per heavy atom. The molecule has 0 spiro atoms. The minimum atomic E-state index is -0.0987. The summed E-state index contributed by atoms with van der Waals surface area (Å²) in [5, 5.41) is 3.87. The number of hydrogen-bond donors (Lipinski definition) is 1. The third kappa shape index (κ3) is 3.95. The first-order chi connectivity index (χ1) is 10.3. The fraction of sp³-hybridized carbons (Fsp3) is 0.353. The average Bonchev–Trinajstić information content (AvgIpc) is 2.87. The molecule has 1 heterocycles. The van der Waals surface area contributed by atoms with Gasteiger partial charge in [-0.25, -0.2) is 0 Å². The molecule has 1 aromatic carbocycles. The monoisotopic (exact) mass is 287 g/mol. The molecule has 0 bridgehead atoms. The minimum Gasteiger partial charge on any atom is -0.460 e. The number of methoxy groups -OCH3 is 1. The first-order valence-electron chi connectivity index (χ1n) is 7.21. The van der Waals surface area contributed by atoms with Gasteiger partial charge in [-0.2, -0.15) is 0 Å². The molecule has 0 radical (unpaired) electrons. The van der Waals surface area contributed by atoms with Crippen LogP contribution < -0.4 is 5.32 Å². The molecule has 4 nitrogen and oxygen atoms in total. The quantitative estimate of drug-likeness (QED) is 0.628. The zero-order valence-corrected chi connectivity index (χ0v) is 12.5. The molecule has 1 aromatic heterocycles. The highest BCUT2D eigenvalue weighted by Crippen LogP contribution is 2.27. The number of furan rings is 1. The van der Waals surface area contributed by atoms with E-state index in [1.165, 1.54) is 0 Å². The number of carbonyl (C=O) groups is 1. The third-order valence-electron chi connectivity index (χ3n) is 3.26. The second-order valence-corrected chi connectivity index (χ2v) is 4.76. The maximum Gasteiger partial charge on any atom is 0.244 e. The van der Waals surface area contributed by atoms with Gasteiger partial charge in [0.2, 0.25) is 5.91 Å². The van der Waals surface area contributed by atoms with Crippen LogP contribution in [-0.2, 0) is 16.0 Å². The van der Waals surface area contributed by atoms with Crippen molar-refractivity contribution in [2.75, 3.05) is 20.3 Å². The number of carbonyl (C=O) groups excluding carboxylic acids is 1. The van der Waals surface area contributed by atoms with Crippen molar-refractivity contribution in [2.24, 2.45) is 0 Å². The number of aryl methyl sites for hydroxylation is 1. The number of nitrogens with one attached hydrogen (secondary N) is 1. The van der Waals surface area contributed by atoms with Crippen molar-refractivity contribution in [3.05, 3.63) is 41.7 Å². The first kappa shape index (κ1) is 15.3. The molecule has 0 atom stereocenters. The fourth-order valence-electron chi connectivity index (χ4n) is 2.21. The van der Waals surface area contributed by atoms with Crippen molar-refractivity contribution in [3.63, 3.8) is 0 Å². The molecule has 0 aliphatic carbocycles. The third-order valence-corrected chi connectivity index (χ3v) is 3.26. The summed E-state index contributed by atoms with van der Waals surface area (Å²) in [5.74, 6) is 0.804. The van der Waals surface area contributed by atoms with Gasteiger partial charge in [0.05, 0.1) is 0 Å². The van der Waals surface area contributed by atoms with Gasteiger partial charge >= 0.3 is 0 Å². The normalized spacial score (nSPS) is 11.3. The molecular formula is C17H21NO3. The van der Waals surface area contributed by atoms with E-state index in [0.29, 0.717) is 13.2 Å². The summed E-state index contributed by atoms with van der Waals surface area (Å²) in [6.07, 6.45) is 4.99. The van der Waals surface area contributed by atoms with Gasteiger partial charge in [0.1, 0.15) is 11.3 Å². The summed E-state index contributed by atoms with van der Waals surface area (Å²) in [7, 11) is 1.65. The van der Waals surface area contributed by atoms with Crippen LogP contribution in [0.4, 0.5) is 0 Å². The molecule has 0 aliphatic rings. The highest BCUT2D eigenvalue weighted by molar-refractivity contribution is 5.96. The second kappa shape index (κ2) is 7.64. The molecule has 112 valence electrons. The molecule has 0 fully saturated rings. The lowest BCUT2D eigenvalue weighted by Crippen LogP contribution is -2.22. The highest BCUT2D eigenvalue weighted by Gasteiger charge is 2.09. The highest BCUT2D eigenvalue weighted by atomic mass is 16.5. The molecule has 0 saturated carbocycles. The van der Waals surface area contributed by atoms with Crippen molar-refractivity contribution in [1.82, 2.24) is 5.32 Å². The minimum absolute atomic E-state index is 0.0987. The molecular weight excluding hydrogens is 266 g/mol. The fourth-order valence-corrected chi connectivity index (χ4v) is 2.21. The van der Waals surface area contributed by atoms with Crippen molar-refractivity contribution in [1.29, 1.82) is 0 Å². The Morgan fingerprint density at radius 1 is 1.38 bits per heavy atom. The van der Waals surface area contributed by atoms with Crippen LogP contribution in [0.15, 0.2) is 34.8 Å². The van der Waals surface area contributed by atoms with Gasteiger partial charge < -0.3 is 14.5 Å². The Morgan fingerprint density at radius 2 is 2.19 bits per heavy atom. The maximum atomic E-state index is 11.8. The number of benzene rings is 1. The van der Waals surface area contributed by atoms with Crippen molar-refractivity contribution in [2.45, 2.75) is 19.8 Å². The van der Waals surface area contributed by atoms with Crippen LogP contribution in [0.5, 0.6) is 0 Å². The standard InChI is InChI=1S/C17H21NO3/c1-3-15-14(13-7-4-5-8-16(13)21-15)9-10-17(19)18-11-6-12-20-2/h4-5,7-10H,3,6,11-12H2,1-2H3,(H,18,19)/b10-9+. The van der Waals surface area contributed by atoms with E-state index in [9.17, 15) is 4.79 Å². The molecule has 0 unspecified atom stereocenters. The van der Waals surface area contributed by atoms with E-state index in [0.717, 1.165) is 35.1 Å². The van der Waals surface area contributed by atoms with Crippen LogP contribution >= 0.6 is 0 Å². The SMILES string of the molecule is CCc1oc2ccccc2c1/C=C/C(=O)NCCCOC. The van der Waals surface area contributed by atoms with Gasteiger partial charge in [0.25, 0.3) is 0 Å². The summed E-state index contributed by atoms with van der Waals surface area (Å²) >= 11 is 0. The van der Waals surface area contributed by atoms with Gasteiger partial charge in [-0.15, -0.1) is 0 Å². The van der Waals surface area contributed by atoms with Crippen LogP contribution in [0.25, 0.3) is 17.0 Å². The predicted molar refractivity (Wildman–Crippen MR) is 84.1 cm³/mol. The Kier molecular flexibility index (Phi) is 5.58. The summed E-state index contributed by atoms with van der Waals surface area (Å²) in [6.45, 7) is 3.31. The Hall–Kier alpha value is -2.07. The van der Waals surface area contributed by atoms with Gasteiger partial charge in [-0.3, -0.25) is 4.79 Å². The van der Waals surface area contributed by atoms with Crippen molar-refractivity contribution < 1.29 is 13.9 Å². The van der Waals surface area contributed by atoms with Crippen LogP contribution in [0.2, 0.25) is 0 Å². The number of rotatable bonds is 7. The topological polar surface area (TPSA) is 51.5 Å². The van der Waals surface area contributed by atoms with Crippen LogP contribution in [0, 0.1) is 0 Å². The Bertz CT molecular complexity index is 628. The number of amides is 1. The summed E-state index contributed by atoms with van der Waals surface area (Å²) in [6, 6.07) is 7.87.